The van der Waals surface area contributed by atoms with Crippen LogP contribution in [0.15, 0.2) is 29.2 Å². The maximum atomic E-state index is 12.5. The highest BCUT2D eigenvalue weighted by atomic mass is 32.2. The first-order valence-corrected chi connectivity index (χ1v) is 7.23. The second-order valence-corrected chi connectivity index (χ2v) is 5.81. The molecule has 0 aromatic heterocycles. The van der Waals surface area contributed by atoms with Crippen molar-refractivity contribution < 1.29 is 23.5 Å². The molecule has 4 nitrogen and oxygen atoms in total. The third kappa shape index (κ3) is 4.70. The molecule has 0 aliphatic heterocycles. The van der Waals surface area contributed by atoms with E-state index in [1.54, 1.807) is 19.1 Å². The predicted octanol–water partition coefficient (Wildman–Crippen LogP) is 3.23. The topological polar surface area (TPSA) is 66.4 Å². The molecule has 1 aromatic carbocycles. The van der Waals surface area contributed by atoms with Gasteiger partial charge < -0.3 is 10.4 Å². The van der Waals surface area contributed by atoms with Crippen molar-refractivity contribution >= 4 is 23.6 Å². The second-order valence-electron chi connectivity index (χ2n) is 4.78. The fourth-order valence-corrected chi connectivity index (χ4v) is 2.21. The van der Waals surface area contributed by atoms with E-state index >= 15 is 0 Å². The van der Waals surface area contributed by atoms with Crippen molar-refractivity contribution in [3.8, 4) is 0 Å². The normalized spacial score (nSPS) is 13.8. The first-order valence-electron chi connectivity index (χ1n) is 6.35. The number of alkyl halides is 2. The van der Waals surface area contributed by atoms with Gasteiger partial charge in [0.15, 0.2) is 0 Å². The van der Waals surface area contributed by atoms with Crippen molar-refractivity contribution in [2.75, 3.05) is 6.54 Å². The van der Waals surface area contributed by atoms with Crippen LogP contribution in [0, 0.1) is 5.41 Å². The Hall–Kier alpha value is -1.63. The number of carboxylic acid groups (broad SMARTS) is 1. The molecule has 0 aliphatic rings. The first-order chi connectivity index (χ1) is 9.80. The summed E-state index contributed by atoms with van der Waals surface area (Å²) in [5.74, 6) is -4.20. The van der Waals surface area contributed by atoms with Crippen LogP contribution in [0.2, 0.25) is 0 Å². The Morgan fingerprint density at radius 1 is 1.38 bits per heavy atom. The van der Waals surface area contributed by atoms with E-state index in [0.29, 0.717) is 6.42 Å². The highest BCUT2D eigenvalue weighted by molar-refractivity contribution is 7.99. The molecule has 0 radical (unpaired) electrons. The summed E-state index contributed by atoms with van der Waals surface area (Å²) >= 11 is 0.288. The summed E-state index contributed by atoms with van der Waals surface area (Å²) in [5, 5.41) is 11.6. The highest BCUT2D eigenvalue weighted by Crippen LogP contribution is 2.28. The standard InChI is InChI=1S/C14H17F2NO3S/c1-3-14(2,12(19)20)8-17-11(18)9-6-4-5-7-10(9)21-13(15)16/h4-7,13H,3,8H2,1-2H3,(H,17,18)(H,19,20). The predicted molar refractivity (Wildman–Crippen MR) is 76.7 cm³/mol. The number of hydrogen-bond donors (Lipinski definition) is 2. The molecule has 7 heteroatoms. The average Bonchev–Trinajstić information content (AvgIpc) is 2.44. The fraction of sp³-hybridized carbons (Fsp3) is 0.429. The van der Waals surface area contributed by atoms with Crippen LogP contribution in [0.4, 0.5) is 8.78 Å². The number of benzene rings is 1. The molecule has 2 N–H and O–H groups in total. The maximum absolute atomic E-state index is 12.5. The van der Waals surface area contributed by atoms with E-state index in [1.807, 2.05) is 0 Å². The summed E-state index contributed by atoms with van der Waals surface area (Å²) in [6.07, 6.45) is 0.343. The van der Waals surface area contributed by atoms with Crippen molar-refractivity contribution in [1.82, 2.24) is 5.32 Å². The molecule has 21 heavy (non-hydrogen) atoms. The zero-order valence-corrected chi connectivity index (χ0v) is 12.5. The van der Waals surface area contributed by atoms with E-state index in [9.17, 15) is 18.4 Å². The zero-order valence-electron chi connectivity index (χ0n) is 11.7. The molecule has 0 saturated heterocycles. The van der Waals surface area contributed by atoms with Gasteiger partial charge in [-0.25, -0.2) is 0 Å². The van der Waals surface area contributed by atoms with Gasteiger partial charge in [-0.05, 0) is 25.5 Å². The van der Waals surface area contributed by atoms with E-state index in [-0.39, 0.29) is 28.8 Å². The number of carboxylic acids is 1. The number of carbonyl (C=O) groups is 2. The molecule has 0 saturated carbocycles. The molecular weight excluding hydrogens is 300 g/mol. The minimum atomic E-state index is -2.63. The number of hydrogen-bond acceptors (Lipinski definition) is 3. The smallest absolute Gasteiger partial charge is 0.311 e. The van der Waals surface area contributed by atoms with Crippen LogP contribution in [0.1, 0.15) is 30.6 Å². The molecule has 1 atom stereocenters. The lowest BCUT2D eigenvalue weighted by atomic mass is 9.87. The molecule has 1 amide bonds. The van der Waals surface area contributed by atoms with Crippen molar-refractivity contribution in [2.45, 2.75) is 30.9 Å². The molecule has 0 fully saturated rings. The van der Waals surface area contributed by atoms with Crippen LogP contribution in [0.25, 0.3) is 0 Å². The lowest BCUT2D eigenvalue weighted by Crippen LogP contribution is -2.40. The Morgan fingerprint density at radius 3 is 2.52 bits per heavy atom. The Bertz CT molecular complexity index is 525. The number of halogens is 2. The Kier molecular flexibility index (Phi) is 6.14. The van der Waals surface area contributed by atoms with Crippen LogP contribution in [0.5, 0.6) is 0 Å². The summed E-state index contributed by atoms with van der Waals surface area (Å²) in [6, 6.07) is 6.00. The highest BCUT2D eigenvalue weighted by Gasteiger charge is 2.31. The lowest BCUT2D eigenvalue weighted by Gasteiger charge is -2.23. The molecule has 0 spiro atoms. The van der Waals surface area contributed by atoms with E-state index < -0.39 is 23.0 Å². The molecule has 1 aromatic rings. The van der Waals surface area contributed by atoms with Crippen LogP contribution in [-0.4, -0.2) is 29.3 Å². The Labute approximate surface area is 125 Å². The molecule has 0 bridgehead atoms. The third-order valence-electron chi connectivity index (χ3n) is 3.28. The molecule has 1 rings (SSSR count). The maximum Gasteiger partial charge on any atom is 0.311 e. The van der Waals surface area contributed by atoms with Crippen LogP contribution >= 0.6 is 11.8 Å². The number of rotatable bonds is 7. The monoisotopic (exact) mass is 317 g/mol. The number of carbonyl (C=O) groups excluding carboxylic acids is 1. The molecule has 0 aliphatic carbocycles. The minimum absolute atomic E-state index is 0.0641. The molecular formula is C14H17F2NO3S. The summed E-state index contributed by atoms with van der Waals surface area (Å²) in [7, 11) is 0. The Morgan fingerprint density at radius 2 is 2.00 bits per heavy atom. The van der Waals surface area contributed by atoms with Gasteiger partial charge in [0.2, 0.25) is 0 Å². The summed E-state index contributed by atoms with van der Waals surface area (Å²) in [4.78, 5) is 23.4. The van der Waals surface area contributed by atoms with Crippen molar-refractivity contribution in [1.29, 1.82) is 0 Å². The van der Waals surface area contributed by atoms with Gasteiger partial charge in [-0.1, -0.05) is 30.8 Å². The van der Waals surface area contributed by atoms with Crippen LogP contribution in [0.3, 0.4) is 0 Å². The first kappa shape index (κ1) is 17.4. The van der Waals surface area contributed by atoms with Gasteiger partial charge in [0.25, 0.3) is 11.7 Å². The number of amides is 1. The quantitative estimate of drug-likeness (QED) is 0.758. The number of thioether (sulfide) groups is 1. The largest absolute Gasteiger partial charge is 0.481 e. The van der Waals surface area contributed by atoms with E-state index in [4.69, 9.17) is 5.11 Å². The lowest BCUT2D eigenvalue weighted by molar-refractivity contribution is -0.147. The van der Waals surface area contributed by atoms with Crippen molar-refractivity contribution in [2.24, 2.45) is 5.41 Å². The SMILES string of the molecule is CCC(C)(CNC(=O)c1ccccc1SC(F)F)C(=O)O. The van der Waals surface area contributed by atoms with E-state index in [2.05, 4.69) is 5.32 Å². The molecule has 1 unspecified atom stereocenters. The zero-order chi connectivity index (χ0) is 16.0. The third-order valence-corrected chi connectivity index (χ3v) is 4.07. The van der Waals surface area contributed by atoms with Gasteiger partial charge in [0.05, 0.1) is 11.0 Å². The summed E-state index contributed by atoms with van der Waals surface area (Å²) in [5.41, 5.74) is -0.966. The Balaban J connectivity index is 2.83. The molecule has 0 heterocycles. The van der Waals surface area contributed by atoms with E-state index in [0.717, 1.165) is 0 Å². The number of aliphatic carboxylic acids is 1. The van der Waals surface area contributed by atoms with Crippen molar-refractivity contribution in [3.05, 3.63) is 29.8 Å². The van der Waals surface area contributed by atoms with Gasteiger partial charge >= 0.3 is 5.97 Å². The van der Waals surface area contributed by atoms with Crippen LogP contribution in [-0.2, 0) is 4.79 Å². The summed E-state index contributed by atoms with van der Waals surface area (Å²) < 4.78 is 24.9. The second kappa shape index (κ2) is 7.40. The summed E-state index contributed by atoms with van der Waals surface area (Å²) in [6.45, 7) is 3.17. The fourth-order valence-electron chi connectivity index (χ4n) is 1.58. The van der Waals surface area contributed by atoms with E-state index in [1.165, 1.54) is 19.1 Å². The number of nitrogens with one attached hydrogen (secondary N) is 1. The van der Waals surface area contributed by atoms with Gasteiger partial charge in [0.1, 0.15) is 0 Å². The van der Waals surface area contributed by atoms with Crippen LogP contribution < -0.4 is 5.32 Å². The van der Waals surface area contributed by atoms with Gasteiger partial charge in [0, 0.05) is 11.4 Å². The van der Waals surface area contributed by atoms with Crippen molar-refractivity contribution in [3.63, 3.8) is 0 Å². The van der Waals surface area contributed by atoms with Gasteiger partial charge in [-0.15, -0.1) is 0 Å². The molecule has 116 valence electrons. The van der Waals surface area contributed by atoms with Gasteiger partial charge in [-0.3, -0.25) is 9.59 Å². The van der Waals surface area contributed by atoms with Gasteiger partial charge in [-0.2, -0.15) is 8.78 Å². The average molecular weight is 317 g/mol. The minimum Gasteiger partial charge on any atom is -0.481 e.